The van der Waals surface area contributed by atoms with Gasteiger partial charge in [-0.25, -0.2) is 4.39 Å². The Labute approximate surface area is 167 Å². The van der Waals surface area contributed by atoms with Gasteiger partial charge in [0.2, 0.25) is 11.8 Å². The van der Waals surface area contributed by atoms with Crippen molar-refractivity contribution in [3.63, 3.8) is 0 Å². The molecule has 1 unspecified atom stereocenters. The van der Waals surface area contributed by atoms with Gasteiger partial charge in [0.1, 0.15) is 5.82 Å². The third-order valence-corrected chi connectivity index (χ3v) is 6.20. The lowest BCUT2D eigenvalue weighted by Crippen LogP contribution is -2.49. The molecule has 1 N–H and O–H groups in total. The van der Waals surface area contributed by atoms with Crippen molar-refractivity contribution in [2.24, 2.45) is 0 Å². The van der Waals surface area contributed by atoms with Gasteiger partial charge in [-0.2, -0.15) is 0 Å². The van der Waals surface area contributed by atoms with Gasteiger partial charge in [-0.1, -0.05) is 24.3 Å². The molecule has 0 aromatic heterocycles. The number of halogens is 1. The van der Waals surface area contributed by atoms with Crippen LogP contribution in [-0.2, 0) is 9.59 Å². The molecular formula is C21H22FN3O2S. The monoisotopic (exact) mass is 399 g/mol. The van der Waals surface area contributed by atoms with E-state index in [0.29, 0.717) is 31.9 Å². The van der Waals surface area contributed by atoms with E-state index < -0.39 is 0 Å². The first kappa shape index (κ1) is 19.0. The average molecular weight is 399 g/mol. The Morgan fingerprint density at radius 3 is 2.93 bits per heavy atom. The quantitative estimate of drug-likeness (QED) is 0.859. The van der Waals surface area contributed by atoms with Crippen molar-refractivity contribution in [1.29, 1.82) is 0 Å². The molecule has 1 fully saturated rings. The van der Waals surface area contributed by atoms with E-state index in [-0.39, 0.29) is 30.1 Å². The molecule has 2 aromatic carbocycles. The van der Waals surface area contributed by atoms with Gasteiger partial charge < -0.3 is 15.1 Å². The van der Waals surface area contributed by atoms with Crippen molar-refractivity contribution >= 4 is 29.3 Å². The van der Waals surface area contributed by atoms with E-state index in [1.807, 2.05) is 30.3 Å². The molecular weight excluding hydrogens is 377 g/mol. The Hall–Kier alpha value is -2.38. The first-order valence-corrected chi connectivity index (χ1v) is 10.4. The van der Waals surface area contributed by atoms with Gasteiger partial charge in [0.15, 0.2) is 0 Å². The fourth-order valence-electron chi connectivity index (χ4n) is 3.76. The zero-order valence-corrected chi connectivity index (χ0v) is 16.3. The van der Waals surface area contributed by atoms with Crippen LogP contribution >= 0.6 is 11.8 Å². The molecule has 5 nitrogen and oxygen atoms in total. The number of benzene rings is 2. The number of carbonyl (C=O) groups excluding carboxylic acids is 2. The number of amides is 2. The molecule has 0 aliphatic carbocycles. The Bertz CT molecular complexity index is 891. The van der Waals surface area contributed by atoms with E-state index in [2.05, 4.69) is 5.32 Å². The van der Waals surface area contributed by atoms with Gasteiger partial charge in [-0.3, -0.25) is 9.59 Å². The third-order valence-electron chi connectivity index (χ3n) is 5.15. The van der Waals surface area contributed by atoms with E-state index >= 15 is 0 Å². The third kappa shape index (κ3) is 3.91. The molecule has 7 heteroatoms. The lowest BCUT2D eigenvalue weighted by atomic mass is 10.0. The Morgan fingerprint density at radius 2 is 2.07 bits per heavy atom. The highest BCUT2D eigenvalue weighted by Gasteiger charge is 2.30. The molecule has 2 heterocycles. The van der Waals surface area contributed by atoms with Crippen molar-refractivity contribution in [2.45, 2.75) is 17.4 Å². The molecule has 2 aromatic rings. The number of anilines is 1. The molecule has 2 amide bonds. The SMILES string of the molecule is O=C1CSc2ccccc2N1CCC(=O)N1CCNCC1c1cccc(F)c1. The zero-order chi connectivity index (χ0) is 19.5. The molecule has 146 valence electrons. The van der Waals surface area contributed by atoms with Crippen molar-refractivity contribution < 1.29 is 14.0 Å². The van der Waals surface area contributed by atoms with Crippen molar-refractivity contribution in [2.75, 3.05) is 36.8 Å². The summed E-state index contributed by atoms with van der Waals surface area (Å²) < 4.78 is 13.7. The van der Waals surface area contributed by atoms with Gasteiger partial charge in [-0.05, 0) is 29.8 Å². The topological polar surface area (TPSA) is 52.7 Å². The fraction of sp³-hybridized carbons (Fsp3) is 0.333. The number of piperazine rings is 1. The predicted molar refractivity (Wildman–Crippen MR) is 108 cm³/mol. The van der Waals surface area contributed by atoms with E-state index in [1.54, 1.807) is 15.9 Å². The van der Waals surface area contributed by atoms with Crippen LogP contribution in [0.15, 0.2) is 53.4 Å². The Kier molecular flexibility index (Phi) is 5.64. The smallest absolute Gasteiger partial charge is 0.237 e. The Morgan fingerprint density at radius 1 is 1.21 bits per heavy atom. The lowest BCUT2D eigenvalue weighted by molar-refractivity contribution is -0.134. The number of hydrogen-bond acceptors (Lipinski definition) is 4. The summed E-state index contributed by atoms with van der Waals surface area (Å²) in [5, 5.41) is 3.28. The molecule has 0 bridgehead atoms. The molecule has 4 rings (SSSR count). The summed E-state index contributed by atoms with van der Waals surface area (Å²) in [6.07, 6.45) is 0.247. The van der Waals surface area contributed by atoms with Gasteiger partial charge in [-0.15, -0.1) is 11.8 Å². The number of hydrogen-bond donors (Lipinski definition) is 1. The maximum Gasteiger partial charge on any atom is 0.237 e. The molecule has 1 atom stereocenters. The van der Waals surface area contributed by atoms with Gasteiger partial charge >= 0.3 is 0 Å². The molecule has 0 radical (unpaired) electrons. The molecule has 2 aliphatic heterocycles. The number of carbonyl (C=O) groups is 2. The number of para-hydroxylation sites is 1. The van der Waals surface area contributed by atoms with E-state index in [4.69, 9.17) is 0 Å². The largest absolute Gasteiger partial charge is 0.333 e. The molecule has 2 aliphatic rings. The first-order valence-electron chi connectivity index (χ1n) is 9.41. The summed E-state index contributed by atoms with van der Waals surface area (Å²) in [4.78, 5) is 30.0. The van der Waals surface area contributed by atoms with Crippen molar-refractivity contribution in [3.8, 4) is 0 Å². The van der Waals surface area contributed by atoms with E-state index in [9.17, 15) is 14.0 Å². The van der Waals surface area contributed by atoms with Crippen LogP contribution in [0.5, 0.6) is 0 Å². The maximum atomic E-state index is 13.7. The van der Waals surface area contributed by atoms with Crippen LogP contribution in [0.25, 0.3) is 0 Å². The van der Waals surface area contributed by atoms with Crippen molar-refractivity contribution in [1.82, 2.24) is 10.2 Å². The highest BCUT2D eigenvalue weighted by molar-refractivity contribution is 8.00. The highest BCUT2D eigenvalue weighted by atomic mass is 32.2. The summed E-state index contributed by atoms with van der Waals surface area (Å²) in [5.74, 6) is 0.103. The zero-order valence-electron chi connectivity index (χ0n) is 15.4. The maximum absolute atomic E-state index is 13.7. The van der Waals surface area contributed by atoms with Crippen LogP contribution in [0.3, 0.4) is 0 Å². The molecule has 0 saturated carbocycles. The van der Waals surface area contributed by atoms with E-state index in [1.165, 1.54) is 23.9 Å². The number of rotatable bonds is 4. The van der Waals surface area contributed by atoms with Crippen LogP contribution in [0.1, 0.15) is 18.0 Å². The van der Waals surface area contributed by atoms with Gasteiger partial charge in [0.05, 0.1) is 17.5 Å². The minimum Gasteiger partial charge on any atom is -0.333 e. The van der Waals surface area contributed by atoms with Crippen LogP contribution in [-0.4, -0.2) is 48.6 Å². The minimum absolute atomic E-state index is 0.0146. The number of thioether (sulfide) groups is 1. The second-order valence-corrected chi connectivity index (χ2v) is 7.93. The number of nitrogens with one attached hydrogen (secondary N) is 1. The van der Waals surface area contributed by atoms with Crippen LogP contribution < -0.4 is 10.2 Å². The van der Waals surface area contributed by atoms with E-state index in [0.717, 1.165) is 16.1 Å². The van der Waals surface area contributed by atoms with Gasteiger partial charge in [0.25, 0.3) is 0 Å². The minimum atomic E-state index is -0.302. The summed E-state index contributed by atoms with van der Waals surface area (Å²) in [7, 11) is 0. The first-order chi connectivity index (χ1) is 13.6. The van der Waals surface area contributed by atoms with Crippen LogP contribution in [0.2, 0.25) is 0 Å². The molecule has 28 heavy (non-hydrogen) atoms. The van der Waals surface area contributed by atoms with Gasteiger partial charge in [0, 0.05) is 37.5 Å². The molecule has 0 spiro atoms. The van der Waals surface area contributed by atoms with Crippen LogP contribution in [0, 0.1) is 5.82 Å². The summed E-state index contributed by atoms with van der Waals surface area (Å²) in [5.41, 5.74) is 1.66. The number of fused-ring (bicyclic) bond motifs is 1. The lowest BCUT2D eigenvalue weighted by Gasteiger charge is -2.37. The van der Waals surface area contributed by atoms with Crippen LogP contribution in [0.4, 0.5) is 10.1 Å². The summed E-state index contributed by atoms with van der Waals surface area (Å²) in [6.45, 7) is 2.23. The summed E-state index contributed by atoms with van der Waals surface area (Å²) >= 11 is 1.53. The van der Waals surface area contributed by atoms with Crippen molar-refractivity contribution in [3.05, 3.63) is 59.9 Å². The second kappa shape index (κ2) is 8.32. The standard InChI is InChI=1S/C21H22FN3O2S/c22-16-5-3-4-15(12-16)18-13-23-9-11-25(18)20(26)8-10-24-17-6-1-2-7-19(17)28-14-21(24)27/h1-7,12,18,23H,8-11,13-14H2. The summed E-state index contributed by atoms with van der Waals surface area (Å²) in [6, 6.07) is 14.0. The predicted octanol–water partition coefficient (Wildman–Crippen LogP) is 2.83. The second-order valence-electron chi connectivity index (χ2n) is 6.91. The normalized spacial score (nSPS) is 19.5. The molecule has 1 saturated heterocycles. The Balaban J connectivity index is 1.47. The fourth-order valence-corrected chi connectivity index (χ4v) is 4.70. The number of nitrogens with zero attached hydrogens (tertiary/aromatic N) is 2. The average Bonchev–Trinajstić information content (AvgIpc) is 2.73. The highest BCUT2D eigenvalue weighted by Crippen LogP contribution is 2.35.